The van der Waals surface area contributed by atoms with Crippen LogP contribution in [-0.4, -0.2) is 45.6 Å². The quantitative estimate of drug-likeness (QED) is 0.845. The Balaban J connectivity index is 2.47. The van der Waals surface area contributed by atoms with Crippen molar-refractivity contribution < 1.29 is 17.9 Å². The van der Waals surface area contributed by atoms with Crippen molar-refractivity contribution in [3.63, 3.8) is 0 Å². The predicted molar refractivity (Wildman–Crippen MR) is 77.2 cm³/mol. The minimum Gasteiger partial charge on any atom is -0.491 e. The maximum Gasteiger partial charge on any atom is 0.246 e. The predicted octanol–water partition coefficient (Wildman–Crippen LogP) is 2.41. The van der Waals surface area contributed by atoms with Gasteiger partial charge >= 0.3 is 0 Å². The highest BCUT2D eigenvalue weighted by molar-refractivity contribution is 7.89. The van der Waals surface area contributed by atoms with Crippen LogP contribution in [0.25, 0.3) is 0 Å². The molecule has 8 heteroatoms. The lowest BCUT2D eigenvalue weighted by molar-refractivity contribution is 0.0729. The van der Waals surface area contributed by atoms with Gasteiger partial charge in [0, 0.05) is 13.1 Å². The van der Waals surface area contributed by atoms with Crippen LogP contribution in [0.2, 0.25) is 10.0 Å². The molecule has 0 N–H and O–H groups in total. The van der Waals surface area contributed by atoms with E-state index >= 15 is 0 Å². The van der Waals surface area contributed by atoms with Crippen LogP contribution < -0.4 is 4.74 Å². The molecule has 0 unspecified atom stereocenters. The van der Waals surface area contributed by atoms with Crippen LogP contribution in [0.5, 0.6) is 5.75 Å². The summed E-state index contributed by atoms with van der Waals surface area (Å²) in [6, 6.07) is 2.88. The molecule has 1 aliphatic heterocycles. The van der Waals surface area contributed by atoms with Gasteiger partial charge in [-0.3, -0.25) is 0 Å². The molecule has 112 valence electrons. The van der Waals surface area contributed by atoms with Gasteiger partial charge in [0.25, 0.3) is 0 Å². The third kappa shape index (κ3) is 3.04. The topological polar surface area (TPSA) is 55.8 Å². The molecule has 1 heterocycles. The molecule has 1 aromatic rings. The number of sulfonamides is 1. The van der Waals surface area contributed by atoms with Gasteiger partial charge in [0.2, 0.25) is 10.0 Å². The Morgan fingerprint density at radius 3 is 2.55 bits per heavy atom. The first-order valence-electron chi connectivity index (χ1n) is 6.17. The fourth-order valence-corrected chi connectivity index (χ4v) is 3.89. The van der Waals surface area contributed by atoms with E-state index in [0.29, 0.717) is 32.9 Å². The van der Waals surface area contributed by atoms with Crippen LogP contribution in [0.4, 0.5) is 0 Å². The summed E-state index contributed by atoms with van der Waals surface area (Å²) in [6.07, 6.45) is 0. The lowest BCUT2D eigenvalue weighted by Gasteiger charge is -2.27. The number of nitrogens with zero attached hydrogens (tertiary/aromatic N) is 1. The monoisotopic (exact) mass is 339 g/mol. The molecule has 5 nitrogen and oxygen atoms in total. The molecule has 1 aliphatic rings. The average Bonchev–Trinajstić information content (AvgIpc) is 2.45. The molecule has 0 aromatic heterocycles. The lowest BCUT2D eigenvalue weighted by atomic mass is 10.3. The number of hydrogen-bond acceptors (Lipinski definition) is 4. The minimum atomic E-state index is -3.67. The van der Waals surface area contributed by atoms with Gasteiger partial charge in [0.05, 0.1) is 24.8 Å². The number of hydrogen-bond donors (Lipinski definition) is 0. The smallest absolute Gasteiger partial charge is 0.246 e. The van der Waals surface area contributed by atoms with Crippen molar-refractivity contribution >= 4 is 33.2 Å². The zero-order valence-corrected chi connectivity index (χ0v) is 13.3. The largest absolute Gasteiger partial charge is 0.491 e. The second kappa shape index (κ2) is 6.49. The molecule has 0 radical (unpaired) electrons. The second-order valence-corrected chi connectivity index (χ2v) is 6.83. The first kappa shape index (κ1) is 15.9. The molecular formula is C12H15Cl2NO4S. The van der Waals surface area contributed by atoms with Gasteiger partial charge in [0.15, 0.2) is 5.75 Å². The molecular weight excluding hydrogens is 325 g/mol. The summed E-state index contributed by atoms with van der Waals surface area (Å²) in [5, 5.41) is 0.374. The molecule has 0 aliphatic carbocycles. The van der Waals surface area contributed by atoms with Crippen LogP contribution >= 0.6 is 23.2 Å². The van der Waals surface area contributed by atoms with Gasteiger partial charge < -0.3 is 9.47 Å². The highest BCUT2D eigenvalue weighted by Crippen LogP contribution is 2.38. The highest BCUT2D eigenvalue weighted by atomic mass is 35.5. The highest BCUT2D eigenvalue weighted by Gasteiger charge is 2.30. The molecule has 0 bridgehead atoms. The van der Waals surface area contributed by atoms with Gasteiger partial charge in [-0.25, -0.2) is 8.42 Å². The standard InChI is InChI=1S/C12H15Cl2NO4S/c1-2-19-12-10(4-3-9(13)11(12)14)20(16,17)15-5-7-18-8-6-15/h3-4H,2,5-8H2,1H3. The number of benzene rings is 1. The summed E-state index contributed by atoms with van der Waals surface area (Å²) in [5.41, 5.74) is 0. The van der Waals surface area contributed by atoms with E-state index in [4.69, 9.17) is 32.7 Å². The average molecular weight is 340 g/mol. The molecule has 1 aromatic carbocycles. The molecule has 0 saturated carbocycles. The SMILES string of the molecule is CCOc1c(S(=O)(=O)N2CCOCC2)ccc(Cl)c1Cl. The van der Waals surface area contributed by atoms with Crippen LogP contribution in [0.1, 0.15) is 6.92 Å². The fraction of sp³-hybridized carbons (Fsp3) is 0.500. The summed E-state index contributed by atoms with van der Waals surface area (Å²) in [6.45, 7) is 3.44. The zero-order chi connectivity index (χ0) is 14.8. The maximum absolute atomic E-state index is 12.6. The summed E-state index contributed by atoms with van der Waals surface area (Å²) >= 11 is 12.0. The van der Waals surface area contributed by atoms with E-state index in [2.05, 4.69) is 0 Å². The Morgan fingerprint density at radius 2 is 1.95 bits per heavy atom. The van der Waals surface area contributed by atoms with E-state index in [9.17, 15) is 8.42 Å². The van der Waals surface area contributed by atoms with Crippen molar-refractivity contribution in [2.24, 2.45) is 0 Å². The van der Waals surface area contributed by atoms with E-state index in [0.717, 1.165) is 0 Å². The van der Waals surface area contributed by atoms with Gasteiger partial charge in [-0.15, -0.1) is 0 Å². The van der Waals surface area contributed by atoms with E-state index in [1.165, 1.54) is 16.4 Å². The Morgan fingerprint density at radius 1 is 1.30 bits per heavy atom. The van der Waals surface area contributed by atoms with Gasteiger partial charge in [-0.05, 0) is 19.1 Å². The normalized spacial score (nSPS) is 17.1. The van der Waals surface area contributed by atoms with Crippen LogP contribution in [0.15, 0.2) is 17.0 Å². The molecule has 0 amide bonds. The van der Waals surface area contributed by atoms with Crippen LogP contribution in [0.3, 0.4) is 0 Å². The van der Waals surface area contributed by atoms with Crippen molar-refractivity contribution in [1.29, 1.82) is 0 Å². The minimum absolute atomic E-state index is 0.0376. The van der Waals surface area contributed by atoms with Crippen molar-refractivity contribution in [2.45, 2.75) is 11.8 Å². The van der Waals surface area contributed by atoms with E-state index in [1.54, 1.807) is 6.92 Å². The van der Waals surface area contributed by atoms with Crippen molar-refractivity contribution in [2.75, 3.05) is 32.9 Å². The van der Waals surface area contributed by atoms with E-state index in [1.807, 2.05) is 0 Å². The van der Waals surface area contributed by atoms with Crippen LogP contribution in [-0.2, 0) is 14.8 Å². The number of ether oxygens (including phenoxy) is 2. The van der Waals surface area contributed by atoms with Gasteiger partial charge in [0.1, 0.15) is 9.92 Å². The van der Waals surface area contributed by atoms with Gasteiger partial charge in [-0.2, -0.15) is 4.31 Å². The summed E-state index contributed by atoms with van der Waals surface area (Å²) < 4.78 is 37.2. The summed E-state index contributed by atoms with van der Waals surface area (Å²) in [7, 11) is -3.67. The molecule has 0 spiro atoms. The van der Waals surface area contributed by atoms with E-state index in [-0.39, 0.29) is 20.7 Å². The van der Waals surface area contributed by atoms with Crippen molar-refractivity contribution in [3.8, 4) is 5.75 Å². The number of morpholine rings is 1. The van der Waals surface area contributed by atoms with Crippen molar-refractivity contribution in [1.82, 2.24) is 4.31 Å². The Bertz CT molecular complexity index is 585. The number of halogens is 2. The van der Waals surface area contributed by atoms with Crippen LogP contribution in [0, 0.1) is 0 Å². The molecule has 20 heavy (non-hydrogen) atoms. The maximum atomic E-state index is 12.6. The third-order valence-electron chi connectivity index (χ3n) is 2.89. The lowest BCUT2D eigenvalue weighted by Crippen LogP contribution is -2.40. The first-order valence-corrected chi connectivity index (χ1v) is 8.36. The zero-order valence-electron chi connectivity index (χ0n) is 10.9. The molecule has 0 atom stereocenters. The van der Waals surface area contributed by atoms with Crippen molar-refractivity contribution in [3.05, 3.63) is 22.2 Å². The Kier molecular flexibility index (Phi) is 5.14. The summed E-state index contributed by atoms with van der Waals surface area (Å²) in [4.78, 5) is 0.0376. The Hall–Kier alpha value is -0.530. The Labute approximate surface area is 128 Å². The second-order valence-electron chi connectivity index (χ2n) is 4.14. The molecule has 1 saturated heterocycles. The number of rotatable bonds is 4. The molecule has 2 rings (SSSR count). The fourth-order valence-electron chi connectivity index (χ4n) is 1.92. The first-order chi connectivity index (χ1) is 9.48. The summed E-state index contributed by atoms with van der Waals surface area (Å²) in [5.74, 6) is 0.105. The van der Waals surface area contributed by atoms with Gasteiger partial charge in [-0.1, -0.05) is 23.2 Å². The third-order valence-corrected chi connectivity index (χ3v) is 5.60. The van der Waals surface area contributed by atoms with E-state index < -0.39 is 10.0 Å². The molecule has 1 fully saturated rings.